The maximum atomic E-state index is 4.45. The number of hydrogen-bond donors (Lipinski definition) is 2. The van der Waals surface area contributed by atoms with Gasteiger partial charge in [0, 0.05) is 25.2 Å². The normalized spacial score (nSPS) is 23.4. The molecule has 2 aliphatic heterocycles. The predicted molar refractivity (Wildman–Crippen MR) is 77.0 cm³/mol. The molecule has 4 heteroatoms. The van der Waals surface area contributed by atoms with E-state index in [4.69, 9.17) is 0 Å². The Labute approximate surface area is 111 Å². The lowest BCUT2D eigenvalue weighted by Crippen LogP contribution is -2.48. The van der Waals surface area contributed by atoms with Gasteiger partial charge in [-0.2, -0.15) is 0 Å². The highest BCUT2D eigenvalue weighted by Crippen LogP contribution is 2.23. The van der Waals surface area contributed by atoms with Gasteiger partial charge < -0.3 is 10.6 Å². The summed E-state index contributed by atoms with van der Waals surface area (Å²) in [5.74, 6) is 1.81. The smallest absolute Gasteiger partial charge is 0.191 e. The van der Waals surface area contributed by atoms with Crippen LogP contribution in [0.15, 0.2) is 4.99 Å². The second kappa shape index (κ2) is 5.91. The monoisotopic (exact) mass is 252 g/mol. The Balaban J connectivity index is 1.69. The van der Waals surface area contributed by atoms with Gasteiger partial charge in [-0.05, 0) is 59.0 Å². The first-order valence-corrected chi connectivity index (χ1v) is 7.33. The fraction of sp³-hybridized carbons (Fsp3) is 0.929. The van der Waals surface area contributed by atoms with Crippen molar-refractivity contribution in [3.63, 3.8) is 0 Å². The topological polar surface area (TPSA) is 39.7 Å². The van der Waals surface area contributed by atoms with Gasteiger partial charge in [-0.15, -0.1) is 0 Å². The van der Waals surface area contributed by atoms with Crippen molar-refractivity contribution in [3.8, 4) is 0 Å². The van der Waals surface area contributed by atoms with E-state index in [1.807, 2.05) is 0 Å². The van der Waals surface area contributed by atoms with Crippen molar-refractivity contribution in [2.24, 2.45) is 10.9 Å². The Morgan fingerprint density at radius 2 is 2.06 bits per heavy atom. The standard InChI is InChI=1S/C14H28N4/c1-14(2,3)18-9-5-12(6-10-18)11-17-13-15-7-4-8-16-13/h12H,4-11H2,1-3H3,(H2,15,16,17). The van der Waals surface area contributed by atoms with Gasteiger partial charge >= 0.3 is 0 Å². The molecule has 0 radical (unpaired) electrons. The molecule has 0 aromatic carbocycles. The molecule has 0 bridgehead atoms. The van der Waals surface area contributed by atoms with Crippen molar-refractivity contribution >= 4 is 5.96 Å². The lowest BCUT2D eigenvalue weighted by atomic mass is 9.93. The van der Waals surface area contributed by atoms with Crippen LogP contribution in [-0.2, 0) is 0 Å². The van der Waals surface area contributed by atoms with E-state index in [1.165, 1.54) is 25.9 Å². The van der Waals surface area contributed by atoms with E-state index in [2.05, 4.69) is 41.3 Å². The average Bonchev–Trinajstić information content (AvgIpc) is 2.37. The minimum atomic E-state index is 0.327. The van der Waals surface area contributed by atoms with Crippen LogP contribution in [0.4, 0.5) is 0 Å². The van der Waals surface area contributed by atoms with Crippen LogP contribution in [-0.4, -0.2) is 49.1 Å². The molecule has 104 valence electrons. The third-order valence-corrected chi connectivity index (χ3v) is 4.02. The number of nitrogens with zero attached hydrogens (tertiary/aromatic N) is 2. The fourth-order valence-electron chi connectivity index (χ4n) is 2.70. The first-order chi connectivity index (χ1) is 8.55. The van der Waals surface area contributed by atoms with Crippen LogP contribution in [0.3, 0.4) is 0 Å². The van der Waals surface area contributed by atoms with Gasteiger partial charge in [-0.1, -0.05) is 0 Å². The van der Waals surface area contributed by atoms with Crippen LogP contribution < -0.4 is 10.6 Å². The zero-order valence-electron chi connectivity index (χ0n) is 12.1. The average molecular weight is 252 g/mol. The van der Waals surface area contributed by atoms with Gasteiger partial charge in [0.15, 0.2) is 5.96 Å². The SMILES string of the molecule is CC(C)(C)N1CCC(CNC2=NCCCN2)CC1. The molecule has 2 heterocycles. The Bertz CT molecular complexity index is 285. The molecular weight excluding hydrogens is 224 g/mol. The molecule has 0 spiro atoms. The summed E-state index contributed by atoms with van der Waals surface area (Å²) in [6, 6.07) is 0. The second-order valence-electron chi connectivity index (χ2n) is 6.49. The number of guanidine groups is 1. The van der Waals surface area contributed by atoms with E-state index >= 15 is 0 Å². The van der Waals surface area contributed by atoms with Crippen LogP contribution in [0, 0.1) is 5.92 Å². The molecule has 0 unspecified atom stereocenters. The highest BCUT2D eigenvalue weighted by Gasteiger charge is 2.26. The van der Waals surface area contributed by atoms with Gasteiger partial charge in [0.25, 0.3) is 0 Å². The lowest BCUT2D eigenvalue weighted by Gasteiger charge is -2.41. The van der Waals surface area contributed by atoms with Crippen molar-refractivity contribution in [1.82, 2.24) is 15.5 Å². The number of likely N-dealkylation sites (tertiary alicyclic amines) is 1. The van der Waals surface area contributed by atoms with Gasteiger partial charge in [0.05, 0.1) is 0 Å². The molecule has 0 amide bonds. The number of rotatable bonds is 2. The number of aliphatic imine (C=N–C) groups is 1. The predicted octanol–water partition coefficient (Wildman–Crippen LogP) is 1.44. The third kappa shape index (κ3) is 3.87. The summed E-state index contributed by atoms with van der Waals surface area (Å²) in [5.41, 5.74) is 0.327. The van der Waals surface area contributed by atoms with Gasteiger partial charge in [0.1, 0.15) is 0 Å². The molecule has 0 saturated carbocycles. The third-order valence-electron chi connectivity index (χ3n) is 4.02. The number of nitrogens with one attached hydrogen (secondary N) is 2. The number of piperidine rings is 1. The second-order valence-corrected chi connectivity index (χ2v) is 6.49. The molecular formula is C14H28N4. The summed E-state index contributed by atoms with van der Waals surface area (Å²) in [7, 11) is 0. The van der Waals surface area contributed by atoms with Gasteiger partial charge in [0.2, 0.25) is 0 Å². The zero-order chi connectivity index (χ0) is 13.0. The van der Waals surface area contributed by atoms with Crippen LogP contribution in [0.25, 0.3) is 0 Å². The van der Waals surface area contributed by atoms with Crippen molar-refractivity contribution in [3.05, 3.63) is 0 Å². The summed E-state index contributed by atoms with van der Waals surface area (Å²) < 4.78 is 0. The number of hydrogen-bond acceptors (Lipinski definition) is 4. The zero-order valence-corrected chi connectivity index (χ0v) is 12.1. The van der Waals surface area contributed by atoms with E-state index < -0.39 is 0 Å². The van der Waals surface area contributed by atoms with Crippen LogP contribution >= 0.6 is 0 Å². The largest absolute Gasteiger partial charge is 0.356 e. The molecule has 0 atom stereocenters. The van der Waals surface area contributed by atoms with Crippen molar-refractivity contribution in [2.45, 2.75) is 45.6 Å². The minimum absolute atomic E-state index is 0.327. The lowest BCUT2D eigenvalue weighted by molar-refractivity contribution is 0.0883. The molecule has 0 aromatic heterocycles. The molecule has 2 N–H and O–H groups in total. The molecule has 18 heavy (non-hydrogen) atoms. The molecule has 2 aliphatic rings. The van der Waals surface area contributed by atoms with E-state index in [9.17, 15) is 0 Å². The Morgan fingerprint density at radius 3 is 2.61 bits per heavy atom. The molecule has 4 nitrogen and oxygen atoms in total. The maximum absolute atomic E-state index is 4.45. The Morgan fingerprint density at radius 1 is 1.33 bits per heavy atom. The van der Waals surface area contributed by atoms with E-state index in [-0.39, 0.29) is 0 Å². The molecule has 1 saturated heterocycles. The van der Waals surface area contributed by atoms with Crippen molar-refractivity contribution in [1.29, 1.82) is 0 Å². The van der Waals surface area contributed by atoms with E-state index in [0.717, 1.165) is 37.9 Å². The van der Waals surface area contributed by atoms with Gasteiger partial charge in [-0.25, -0.2) is 0 Å². The van der Waals surface area contributed by atoms with Crippen LogP contribution in [0.1, 0.15) is 40.0 Å². The Hall–Kier alpha value is -0.770. The highest BCUT2D eigenvalue weighted by atomic mass is 15.2. The van der Waals surface area contributed by atoms with E-state index in [0.29, 0.717) is 5.54 Å². The summed E-state index contributed by atoms with van der Waals surface area (Å²) in [4.78, 5) is 7.05. The summed E-state index contributed by atoms with van der Waals surface area (Å²) >= 11 is 0. The first kappa shape index (κ1) is 13.7. The van der Waals surface area contributed by atoms with Crippen LogP contribution in [0.2, 0.25) is 0 Å². The Kier molecular flexibility index (Phi) is 4.49. The minimum Gasteiger partial charge on any atom is -0.356 e. The first-order valence-electron chi connectivity index (χ1n) is 7.33. The summed E-state index contributed by atoms with van der Waals surface area (Å²) in [6.07, 6.45) is 3.77. The fourth-order valence-corrected chi connectivity index (χ4v) is 2.70. The molecule has 0 aliphatic carbocycles. The van der Waals surface area contributed by atoms with Crippen molar-refractivity contribution < 1.29 is 0 Å². The van der Waals surface area contributed by atoms with E-state index in [1.54, 1.807) is 0 Å². The maximum Gasteiger partial charge on any atom is 0.191 e. The van der Waals surface area contributed by atoms with Gasteiger partial charge in [-0.3, -0.25) is 9.89 Å². The molecule has 2 rings (SSSR count). The quantitative estimate of drug-likeness (QED) is 0.781. The van der Waals surface area contributed by atoms with Crippen molar-refractivity contribution in [2.75, 3.05) is 32.7 Å². The summed E-state index contributed by atoms with van der Waals surface area (Å²) in [6.45, 7) is 12.5. The summed E-state index contributed by atoms with van der Waals surface area (Å²) in [5, 5.41) is 6.79. The molecule has 1 fully saturated rings. The molecule has 0 aromatic rings. The van der Waals surface area contributed by atoms with Crippen LogP contribution in [0.5, 0.6) is 0 Å². The highest BCUT2D eigenvalue weighted by molar-refractivity contribution is 5.80.